The second-order valence-electron chi connectivity index (χ2n) is 6.23. The summed E-state index contributed by atoms with van der Waals surface area (Å²) in [5.74, 6) is 2.22. The van der Waals surface area contributed by atoms with Gasteiger partial charge in [-0.1, -0.05) is 5.16 Å². The van der Waals surface area contributed by atoms with Crippen molar-refractivity contribution in [2.24, 2.45) is 0 Å². The normalized spacial score (nSPS) is 19.6. The summed E-state index contributed by atoms with van der Waals surface area (Å²) in [6, 6.07) is 1.91. The second-order valence-corrected chi connectivity index (χ2v) is 6.23. The van der Waals surface area contributed by atoms with E-state index in [0.717, 1.165) is 18.5 Å². The Labute approximate surface area is 128 Å². The lowest BCUT2D eigenvalue weighted by Gasteiger charge is -2.29. The highest BCUT2D eigenvalue weighted by molar-refractivity contribution is 5.92. The minimum Gasteiger partial charge on any atom is -0.339 e. The van der Waals surface area contributed by atoms with E-state index in [9.17, 15) is 4.79 Å². The van der Waals surface area contributed by atoms with Gasteiger partial charge in [-0.3, -0.25) is 9.89 Å². The lowest BCUT2D eigenvalue weighted by Crippen LogP contribution is -2.38. The lowest BCUT2D eigenvalue weighted by atomic mass is 9.96. The first-order chi connectivity index (χ1) is 10.7. The van der Waals surface area contributed by atoms with Crippen LogP contribution in [0.25, 0.3) is 0 Å². The van der Waals surface area contributed by atoms with Gasteiger partial charge >= 0.3 is 0 Å². The van der Waals surface area contributed by atoms with Gasteiger partial charge in [-0.25, -0.2) is 0 Å². The van der Waals surface area contributed by atoms with Gasteiger partial charge in [0, 0.05) is 30.6 Å². The van der Waals surface area contributed by atoms with Gasteiger partial charge in [0.15, 0.2) is 5.82 Å². The molecule has 1 aliphatic heterocycles. The van der Waals surface area contributed by atoms with Gasteiger partial charge in [0.1, 0.15) is 5.69 Å². The van der Waals surface area contributed by atoms with E-state index in [1.54, 1.807) is 0 Å². The Balaban J connectivity index is 1.38. The number of aromatic amines is 1. The van der Waals surface area contributed by atoms with Crippen LogP contribution in [0.2, 0.25) is 0 Å². The summed E-state index contributed by atoms with van der Waals surface area (Å²) in [6.07, 6.45) is 4.11. The highest BCUT2D eigenvalue weighted by Gasteiger charge is 2.30. The predicted octanol–water partition coefficient (Wildman–Crippen LogP) is 2.00. The van der Waals surface area contributed by atoms with Crippen molar-refractivity contribution < 1.29 is 9.32 Å². The van der Waals surface area contributed by atoms with Crippen molar-refractivity contribution in [3.63, 3.8) is 0 Å². The Kier molecular flexibility index (Phi) is 3.20. The number of H-pyrrole nitrogens is 1. The first-order valence-electron chi connectivity index (χ1n) is 7.85. The lowest BCUT2D eigenvalue weighted by molar-refractivity contribution is 0.0698. The van der Waals surface area contributed by atoms with E-state index in [1.165, 1.54) is 12.8 Å². The molecule has 0 aromatic carbocycles. The molecule has 7 nitrogen and oxygen atoms in total. The maximum atomic E-state index is 12.5. The molecule has 1 saturated heterocycles. The molecule has 2 aliphatic rings. The zero-order valence-electron chi connectivity index (χ0n) is 12.6. The van der Waals surface area contributed by atoms with E-state index in [0.29, 0.717) is 36.4 Å². The molecule has 0 atom stereocenters. The number of likely N-dealkylation sites (tertiary alicyclic amines) is 1. The van der Waals surface area contributed by atoms with E-state index in [1.807, 2.05) is 17.9 Å². The van der Waals surface area contributed by atoms with Gasteiger partial charge in [-0.05, 0) is 38.7 Å². The molecule has 2 fully saturated rings. The fraction of sp³-hybridized carbons (Fsp3) is 0.600. The zero-order valence-corrected chi connectivity index (χ0v) is 12.6. The number of aromatic nitrogens is 4. The standard InChI is InChI=1S/C15H19N5O2/c1-9-16-14(22-19-9)11-4-6-20(7-5-11)15(21)13-8-12(17-18-13)10-2-3-10/h8,10-11H,2-7H2,1H3,(H,17,18). The van der Waals surface area contributed by atoms with Crippen LogP contribution in [0, 0.1) is 6.92 Å². The van der Waals surface area contributed by atoms with Crippen molar-refractivity contribution in [3.05, 3.63) is 29.2 Å². The Morgan fingerprint density at radius 1 is 1.27 bits per heavy atom. The van der Waals surface area contributed by atoms with E-state index in [2.05, 4.69) is 20.3 Å². The molecule has 1 amide bonds. The number of hydrogen-bond acceptors (Lipinski definition) is 5. The number of rotatable bonds is 3. The highest BCUT2D eigenvalue weighted by Crippen LogP contribution is 2.39. The third-order valence-corrected chi connectivity index (χ3v) is 4.51. The first-order valence-corrected chi connectivity index (χ1v) is 7.85. The molecule has 1 saturated carbocycles. The maximum Gasteiger partial charge on any atom is 0.274 e. The Morgan fingerprint density at radius 2 is 2.05 bits per heavy atom. The minimum atomic E-state index is 0.0170. The molecule has 7 heteroatoms. The number of piperidine rings is 1. The Hall–Kier alpha value is -2.18. The smallest absolute Gasteiger partial charge is 0.274 e. The molecule has 2 aromatic rings. The fourth-order valence-electron chi connectivity index (χ4n) is 3.02. The average Bonchev–Trinajstić information content (AvgIpc) is 3.11. The predicted molar refractivity (Wildman–Crippen MR) is 77.5 cm³/mol. The molecular formula is C15H19N5O2. The number of amides is 1. The summed E-state index contributed by atoms with van der Waals surface area (Å²) in [7, 11) is 0. The second kappa shape index (κ2) is 5.23. The van der Waals surface area contributed by atoms with Crippen LogP contribution in [0.4, 0.5) is 0 Å². The zero-order chi connectivity index (χ0) is 15.1. The SMILES string of the molecule is Cc1noc(C2CCN(C(=O)c3cc(C4CC4)[nH]n3)CC2)n1. The Bertz CT molecular complexity index is 680. The van der Waals surface area contributed by atoms with Crippen molar-refractivity contribution in [2.75, 3.05) is 13.1 Å². The maximum absolute atomic E-state index is 12.5. The Morgan fingerprint density at radius 3 is 2.68 bits per heavy atom. The van der Waals surface area contributed by atoms with Gasteiger partial charge in [0.05, 0.1) is 0 Å². The number of aryl methyl sites for hydroxylation is 1. The summed E-state index contributed by atoms with van der Waals surface area (Å²) in [5, 5.41) is 11.0. The van der Waals surface area contributed by atoms with Gasteiger partial charge in [-0.15, -0.1) is 0 Å². The summed E-state index contributed by atoms with van der Waals surface area (Å²) >= 11 is 0. The summed E-state index contributed by atoms with van der Waals surface area (Å²) < 4.78 is 5.24. The molecule has 1 aliphatic carbocycles. The fourth-order valence-corrected chi connectivity index (χ4v) is 3.02. The minimum absolute atomic E-state index is 0.0170. The number of carbonyl (C=O) groups excluding carboxylic acids is 1. The molecule has 3 heterocycles. The third-order valence-electron chi connectivity index (χ3n) is 4.51. The molecule has 1 N–H and O–H groups in total. The molecule has 116 valence electrons. The van der Waals surface area contributed by atoms with Gasteiger partial charge in [0.2, 0.25) is 5.89 Å². The van der Waals surface area contributed by atoms with Crippen molar-refractivity contribution >= 4 is 5.91 Å². The molecule has 22 heavy (non-hydrogen) atoms. The molecule has 0 spiro atoms. The molecule has 0 unspecified atom stereocenters. The number of hydrogen-bond donors (Lipinski definition) is 1. The van der Waals surface area contributed by atoms with Crippen molar-refractivity contribution in [3.8, 4) is 0 Å². The molecule has 0 radical (unpaired) electrons. The first kappa shape index (κ1) is 13.5. The van der Waals surface area contributed by atoms with Gasteiger partial charge in [0.25, 0.3) is 5.91 Å². The largest absolute Gasteiger partial charge is 0.339 e. The third kappa shape index (κ3) is 2.51. The van der Waals surface area contributed by atoms with Crippen molar-refractivity contribution in [2.45, 2.75) is 44.4 Å². The summed E-state index contributed by atoms with van der Waals surface area (Å²) in [6.45, 7) is 3.23. The van der Waals surface area contributed by atoms with E-state index < -0.39 is 0 Å². The van der Waals surface area contributed by atoms with Crippen LogP contribution < -0.4 is 0 Å². The van der Waals surface area contributed by atoms with Gasteiger partial charge in [-0.2, -0.15) is 10.1 Å². The van der Waals surface area contributed by atoms with Crippen molar-refractivity contribution in [1.82, 2.24) is 25.2 Å². The highest BCUT2D eigenvalue weighted by atomic mass is 16.5. The summed E-state index contributed by atoms with van der Waals surface area (Å²) in [4.78, 5) is 18.7. The monoisotopic (exact) mass is 301 g/mol. The van der Waals surface area contributed by atoms with E-state index >= 15 is 0 Å². The van der Waals surface area contributed by atoms with Crippen LogP contribution in [0.15, 0.2) is 10.6 Å². The van der Waals surface area contributed by atoms with Crippen LogP contribution in [0.1, 0.15) is 65.4 Å². The van der Waals surface area contributed by atoms with Crippen LogP contribution >= 0.6 is 0 Å². The quantitative estimate of drug-likeness (QED) is 0.936. The van der Waals surface area contributed by atoms with Crippen molar-refractivity contribution in [1.29, 1.82) is 0 Å². The molecule has 0 bridgehead atoms. The number of nitrogens with one attached hydrogen (secondary N) is 1. The van der Waals surface area contributed by atoms with E-state index in [4.69, 9.17) is 4.52 Å². The van der Waals surface area contributed by atoms with Crippen LogP contribution in [-0.4, -0.2) is 44.2 Å². The molecular weight excluding hydrogens is 282 g/mol. The van der Waals surface area contributed by atoms with Crippen LogP contribution in [0.5, 0.6) is 0 Å². The van der Waals surface area contributed by atoms with Crippen LogP contribution in [0.3, 0.4) is 0 Å². The topological polar surface area (TPSA) is 87.9 Å². The number of nitrogens with zero attached hydrogens (tertiary/aromatic N) is 4. The van der Waals surface area contributed by atoms with Crippen LogP contribution in [-0.2, 0) is 0 Å². The average molecular weight is 301 g/mol. The number of carbonyl (C=O) groups is 1. The van der Waals surface area contributed by atoms with Gasteiger partial charge < -0.3 is 9.42 Å². The molecule has 4 rings (SSSR count). The molecule has 2 aromatic heterocycles. The van der Waals surface area contributed by atoms with E-state index in [-0.39, 0.29) is 11.8 Å². The summed E-state index contributed by atoms with van der Waals surface area (Å²) in [5.41, 5.74) is 1.63.